The van der Waals surface area contributed by atoms with Gasteiger partial charge in [-0.15, -0.1) is 0 Å². The molecule has 0 radical (unpaired) electrons. The second-order valence-corrected chi connectivity index (χ2v) is 6.94. The van der Waals surface area contributed by atoms with Crippen molar-refractivity contribution < 1.29 is 4.79 Å². The first-order chi connectivity index (χ1) is 10.1. The molecule has 1 aliphatic heterocycles. The van der Waals surface area contributed by atoms with Crippen molar-refractivity contribution in [2.24, 2.45) is 0 Å². The van der Waals surface area contributed by atoms with E-state index in [0.717, 1.165) is 39.0 Å². The number of ketones is 1. The lowest BCUT2D eigenvalue weighted by Gasteiger charge is -2.40. The van der Waals surface area contributed by atoms with Crippen LogP contribution in [0.15, 0.2) is 0 Å². The Bertz CT molecular complexity index is 283. The van der Waals surface area contributed by atoms with Crippen molar-refractivity contribution in [3.63, 3.8) is 0 Å². The zero-order valence-electron chi connectivity index (χ0n) is 14.5. The van der Waals surface area contributed by atoms with Crippen molar-refractivity contribution in [2.45, 2.75) is 84.1 Å². The summed E-state index contributed by atoms with van der Waals surface area (Å²) in [5.74, 6) is 0.426. The zero-order valence-corrected chi connectivity index (χ0v) is 14.5. The third-order valence-corrected chi connectivity index (χ3v) is 4.85. The largest absolute Gasteiger partial charge is 0.314 e. The van der Waals surface area contributed by atoms with Gasteiger partial charge in [-0.2, -0.15) is 0 Å². The number of nitrogens with one attached hydrogen (secondary N) is 1. The molecule has 0 spiro atoms. The van der Waals surface area contributed by atoms with E-state index in [-0.39, 0.29) is 5.54 Å². The summed E-state index contributed by atoms with van der Waals surface area (Å²) in [4.78, 5) is 14.8. The molecule has 1 aliphatic rings. The van der Waals surface area contributed by atoms with Gasteiger partial charge in [-0.1, -0.05) is 51.9 Å². The smallest absolute Gasteiger partial charge is 0.152 e. The summed E-state index contributed by atoms with van der Waals surface area (Å²) in [6.45, 7) is 10.5. The van der Waals surface area contributed by atoms with Crippen LogP contribution in [0.2, 0.25) is 0 Å². The van der Waals surface area contributed by atoms with Crippen molar-refractivity contribution >= 4 is 5.78 Å². The molecule has 0 aromatic rings. The third-order valence-electron chi connectivity index (χ3n) is 4.85. The molecule has 0 aromatic carbocycles. The number of carbonyl (C=O) groups is 1. The Balaban J connectivity index is 2.11. The van der Waals surface area contributed by atoms with Crippen molar-refractivity contribution in [1.29, 1.82) is 0 Å². The maximum atomic E-state index is 12.5. The van der Waals surface area contributed by atoms with E-state index in [2.05, 4.69) is 31.0 Å². The average Bonchev–Trinajstić information content (AvgIpc) is 2.50. The molecule has 0 unspecified atom stereocenters. The minimum absolute atomic E-state index is 0.275. The van der Waals surface area contributed by atoms with Gasteiger partial charge in [0.2, 0.25) is 0 Å². The quantitative estimate of drug-likeness (QED) is 0.589. The lowest BCUT2D eigenvalue weighted by atomic mass is 9.91. The minimum Gasteiger partial charge on any atom is -0.314 e. The highest BCUT2D eigenvalue weighted by Gasteiger charge is 2.33. The summed E-state index contributed by atoms with van der Waals surface area (Å²) in [6.07, 6.45) is 11.1. The number of rotatable bonds is 11. The van der Waals surface area contributed by atoms with Gasteiger partial charge < -0.3 is 5.32 Å². The topological polar surface area (TPSA) is 32.3 Å². The van der Waals surface area contributed by atoms with Crippen molar-refractivity contribution in [3.8, 4) is 0 Å². The molecule has 124 valence electrons. The van der Waals surface area contributed by atoms with Gasteiger partial charge in [0.15, 0.2) is 5.78 Å². The number of hydrogen-bond donors (Lipinski definition) is 1. The first-order valence-corrected chi connectivity index (χ1v) is 9.08. The second-order valence-electron chi connectivity index (χ2n) is 6.94. The Morgan fingerprint density at radius 1 is 0.952 bits per heavy atom. The van der Waals surface area contributed by atoms with Crippen LogP contribution in [0.3, 0.4) is 0 Å². The van der Waals surface area contributed by atoms with Crippen LogP contribution in [-0.2, 0) is 4.79 Å². The molecular weight excluding hydrogens is 260 g/mol. The van der Waals surface area contributed by atoms with Crippen LogP contribution in [0.1, 0.15) is 78.6 Å². The molecule has 1 saturated heterocycles. The summed E-state index contributed by atoms with van der Waals surface area (Å²) < 4.78 is 0. The maximum Gasteiger partial charge on any atom is 0.152 e. The number of nitrogens with zero attached hydrogens (tertiary/aromatic N) is 1. The van der Waals surface area contributed by atoms with E-state index in [1.807, 2.05) is 0 Å². The standard InChI is InChI=1S/C18H36N2O/c1-4-5-6-7-8-9-10-11-12-17(21)18(2,3)20-15-13-19-14-16-20/h19H,4-16H2,1-3H3. The predicted octanol–water partition coefficient (Wildman–Crippen LogP) is 3.77. The van der Waals surface area contributed by atoms with Gasteiger partial charge in [0.25, 0.3) is 0 Å². The van der Waals surface area contributed by atoms with Gasteiger partial charge in [0.05, 0.1) is 5.54 Å². The molecule has 1 N–H and O–H groups in total. The lowest BCUT2D eigenvalue weighted by molar-refractivity contribution is -0.130. The molecule has 0 saturated carbocycles. The summed E-state index contributed by atoms with van der Waals surface area (Å²) in [5.41, 5.74) is -0.275. The summed E-state index contributed by atoms with van der Waals surface area (Å²) in [5, 5.41) is 3.35. The van der Waals surface area contributed by atoms with E-state index < -0.39 is 0 Å². The number of Topliss-reactive ketones (excluding diaryl/α,β-unsaturated/α-hetero) is 1. The van der Waals surface area contributed by atoms with Crippen molar-refractivity contribution in [2.75, 3.05) is 26.2 Å². The number of carbonyl (C=O) groups excluding carboxylic acids is 1. The highest BCUT2D eigenvalue weighted by Crippen LogP contribution is 2.20. The van der Waals surface area contributed by atoms with Crippen LogP contribution < -0.4 is 5.32 Å². The van der Waals surface area contributed by atoms with Gasteiger partial charge in [0.1, 0.15) is 0 Å². The summed E-state index contributed by atoms with van der Waals surface area (Å²) >= 11 is 0. The molecule has 0 amide bonds. The normalized spacial score (nSPS) is 17.1. The van der Waals surface area contributed by atoms with Gasteiger partial charge in [0, 0.05) is 32.6 Å². The third kappa shape index (κ3) is 6.92. The minimum atomic E-state index is -0.275. The zero-order chi connectivity index (χ0) is 15.6. The van der Waals surface area contributed by atoms with Gasteiger partial charge in [-0.3, -0.25) is 9.69 Å². The lowest BCUT2D eigenvalue weighted by Crippen LogP contribution is -2.57. The van der Waals surface area contributed by atoms with Crippen molar-refractivity contribution in [3.05, 3.63) is 0 Å². The summed E-state index contributed by atoms with van der Waals surface area (Å²) in [6, 6.07) is 0. The molecule has 1 rings (SSSR count). The van der Waals surface area contributed by atoms with E-state index in [1.54, 1.807) is 0 Å². The van der Waals surface area contributed by atoms with E-state index >= 15 is 0 Å². The van der Waals surface area contributed by atoms with Crippen LogP contribution in [0.5, 0.6) is 0 Å². The Hall–Kier alpha value is -0.410. The van der Waals surface area contributed by atoms with Gasteiger partial charge in [-0.05, 0) is 20.3 Å². The van der Waals surface area contributed by atoms with Crippen LogP contribution in [0.4, 0.5) is 0 Å². The first kappa shape index (κ1) is 18.6. The Labute approximate surface area is 131 Å². The Morgan fingerprint density at radius 3 is 2.05 bits per heavy atom. The highest BCUT2D eigenvalue weighted by molar-refractivity contribution is 5.87. The molecular formula is C18H36N2O. The van der Waals surface area contributed by atoms with Crippen LogP contribution >= 0.6 is 0 Å². The number of unbranched alkanes of at least 4 members (excludes halogenated alkanes) is 7. The van der Waals surface area contributed by atoms with Crippen LogP contribution in [0, 0.1) is 0 Å². The van der Waals surface area contributed by atoms with E-state index in [0.29, 0.717) is 5.78 Å². The van der Waals surface area contributed by atoms with Crippen LogP contribution in [0.25, 0.3) is 0 Å². The maximum absolute atomic E-state index is 12.5. The monoisotopic (exact) mass is 296 g/mol. The molecule has 1 heterocycles. The molecule has 0 atom stereocenters. The average molecular weight is 296 g/mol. The van der Waals surface area contributed by atoms with E-state index in [1.165, 1.54) is 44.9 Å². The summed E-state index contributed by atoms with van der Waals surface area (Å²) in [7, 11) is 0. The predicted molar refractivity (Wildman–Crippen MR) is 90.8 cm³/mol. The SMILES string of the molecule is CCCCCCCCCCC(=O)C(C)(C)N1CCNCC1. The van der Waals surface area contributed by atoms with E-state index in [4.69, 9.17) is 0 Å². The highest BCUT2D eigenvalue weighted by atomic mass is 16.1. The van der Waals surface area contributed by atoms with E-state index in [9.17, 15) is 4.79 Å². The molecule has 3 heteroatoms. The molecule has 0 aromatic heterocycles. The number of hydrogen-bond acceptors (Lipinski definition) is 3. The molecule has 0 bridgehead atoms. The fourth-order valence-electron chi connectivity index (χ4n) is 3.13. The first-order valence-electron chi connectivity index (χ1n) is 9.08. The molecule has 3 nitrogen and oxygen atoms in total. The number of piperazine rings is 1. The molecule has 21 heavy (non-hydrogen) atoms. The molecule has 1 fully saturated rings. The van der Waals surface area contributed by atoms with Crippen molar-refractivity contribution in [1.82, 2.24) is 10.2 Å². The Kier molecular flexibility index (Phi) is 9.18. The fourth-order valence-corrected chi connectivity index (χ4v) is 3.13. The Morgan fingerprint density at radius 2 is 1.48 bits per heavy atom. The van der Waals surface area contributed by atoms with Gasteiger partial charge >= 0.3 is 0 Å². The molecule has 0 aliphatic carbocycles. The fraction of sp³-hybridized carbons (Fsp3) is 0.944. The van der Waals surface area contributed by atoms with Gasteiger partial charge in [-0.25, -0.2) is 0 Å². The van der Waals surface area contributed by atoms with Crippen LogP contribution in [-0.4, -0.2) is 42.4 Å². The second kappa shape index (κ2) is 10.3.